The molecule has 24 heavy (non-hydrogen) atoms. The molecule has 1 heterocycles. The van der Waals surface area contributed by atoms with Crippen molar-refractivity contribution in [1.82, 2.24) is 15.1 Å². The second-order valence-electron chi connectivity index (χ2n) is 6.67. The average Bonchev–Trinajstić information content (AvgIpc) is 2.81. The summed E-state index contributed by atoms with van der Waals surface area (Å²) in [5, 5.41) is 17.6. The highest BCUT2D eigenvalue weighted by Gasteiger charge is 2.19. The number of nitrogens with zero attached hydrogens (tertiary/aromatic N) is 3. The summed E-state index contributed by atoms with van der Waals surface area (Å²) >= 11 is 0. The van der Waals surface area contributed by atoms with Crippen molar-refractivity contribution in [2.45, 2.75) is 33.9 Å². The summed E-state index contributed by atoms with van der Waals surface area (Å²) < 4.78 is 1.93. The van der Waals surface area contributed by atoms with Crippen molar-refractivity contribution in [3.63, 3.8) is 0 Å². The van der Waals surface area contributed by atoms with Gasteiger partial charge in [0.1, 0.15) is 5.82 Å². The summed E-state index contributed by atoms with van der Waals surface area (Å²) in [7, 11) is 1.98. The van der Waals surface area contributed by atoms with E-state index in [1.54, 1.807) is 0 Å². The van der Waals surface area contributed by atoms with Crippen molar-refractivity contribution in [1.29, 1.82) is 0 Å². The zero-order valence-corrected chi connectivity index (χ0v) is 15.3. The quantitative estimate of drug-likeness (QED) is 0.742. The standard InChI is InChI=1S/C19H30N4O/c1-15(2)12-20-13-18-16(3)21-22(4)19(18)23(10-11-24)14-17-8-6-5-7-9-17/h5-9,15,20,24H,10-14H2,1-4H3. The van der Waals surface area contributed by atoms with E-state index in [2.05, 4.69) is 48.2 Å². The lowest BCUT2D eigenvalue weighted by atomic mass is 10.1. The molecular formula is C19H30N4O. The molecule has 0 saturated heterocycles. The number of rotatable bonds is 9. The lowest BCUT2D eigenvalue weighted by Gasteiger charge is -2.25. The number of aliphatic hydroxyl groups excluding tert-OH is 1. The van der Waals surface area contributed by atoms with Gasteiger partial charge in [-0.2, -0.15) is 5.10 Å². The minimum atomic E-state index is 0.121. The van der Waals surface area contributed by atoms with Gasteiger partial charge >= 0.3 is 0 Å². The molecule has 0 saturated carbocycles. The molecule has 0 radical (unpaired) electrons. The van der Waals surface area contributed by atoms with Crippen LogP contribution in [-0.2, 0) is 20.1 Å². The first-order chi connectivity index (χ1) is 11.5. The molecule has 0 aliphatic heterocycles. The van der Waals surface area contributed by atoms with E-state index in [1.165, 1.54) is 11.1 Å². The topological polar surface area (TPSA) is 53.3 Å². The van der Waals surface area contributed by atoms with Gasteiger partial charge in [-0.1, -0.05) is 44.2 Å². The molecule has 132 valence electrons. The highest BCUT2D eigenvalue weighted by molar-refractivity contribution is 5.50. The maximum Gasteiger partial charge on any atom is 0.131 e. The summed E-state index contributed by atoms with van der Waals surface area (Å²) in [6, 6.07) is 10.3. The molecule has 2 rings (SSSR count). The number of hydrogen-bond donors (Lipinski definition) is 2. The summed E-state index contributed by atoms with van der Waals surface area (Å²) in [6.07, 6.45) is 0. The van der Waals surface area contributed by atoms with Crippen molar-refractivity contribution in [3.8, 4) is 0 Å². The van der Waals surface area contributed by atoms with E-state index in [-0.39, 0.29) is 6.61 Å². The van der Waals surface area contributed by atoms with Gasteiger partial charge in [0.25, 0.3) is 0 Å². The monoisotopic (exact) mass is 330 g/mol. The van der Waals surface area contributed by atoms with Gasteiger partial charge < -0.3 is 15.3 Å². The fraction of sp³-hybridized carbons (Fsp3) is 0.526. The van der Waals surface area contributed by atoms with E-state index in [4.69, 9.17) is 0 Å². The number of nitrogens with one attached hydrogen (secondary N) is 1. The SMILES string of the molecule is Cc1nn(C)c(N(CCO)Cc2ccccc2)c1CNCC(C)C. The minimum absolute atomic E-state index is 0.121. The van der Waals surface area contributed by atoms with Crippen LogP contribution in [0.2, 0.25) is 0 Å². The van der Waals surface area contributed by atoms with Crippen LogP contribution in [0.3, 0.4) is 0 Å². The van der Waals surface area contributed by atoms with Crippen LogP contribution < -0.4 is 10.2 Å². The van der Waals surface area contributed by atoms with Crippen molar-refractivity contribution < 1.29 is 5.11 Å². The van der Waals surface area contributed by atoms with Crippen LogP contribution in [0.25, 0.3) is 0 Å². The molecular weight excluding hydrogens is 300 g/mol. The number of aryl methyl sites for hydroxylation is 2. The summed E-state index contributed by atoms with van der Waals surface area (Å²) in [5.41, 5.74) is 3.48. The maximum atomic E-state index is 9.53. The molecule has 1 aromatic carbocycles. The fourth-order valence-electron chi connectivity index (χ4n) is 2.96. The van der Waals surface area contributed by atoms with E-state index in [9.17, 15) is 5.11 Å². The van der Waals surface area contributed by atoms with Crippen molar-refractivity contribution in [2.75, 3.05) is 24.6 Å². The van der Waals surface area contributed by atoms with Gasteiger partial charge in [0.05, 0.1) is 12.3 Å². The van der Waals surface area contributed by atoms with Crippen LogP contribution in [0.15, 0.2) is 30.3 Å². The van der Waals surface area contributed by atoms with Crippen molar-refractivity contribution >= 4 is 5.82 Å². The van der Waals surface area contributed by atoms with Crippen LogP contribution in [0, 0.1) is 12.8 Å². The van der Waals surface area contributed by atoms with Gasteiger partial charge in [-0.3, -0.25) is 4.68 Å². The highest BCUT2D eigenvalue weighted by atomic mass is 16.3. The van der Waals surface area contributed by atoms with Gasteiger partial charge in [-0.25, -0.2) is 0 Å². The summed E-state index contributed by atoms with van der Waals surface area (Å²) in [4.78, 5) is 2.21. The molecule has 0 spiro atoms. The molecule has 0 atom stereocenters. The molecule has 0 unspecified atom stereocenters. The molecule has 5 heteroatoms. The van der Waals surface area contributed by atoms with E-state index in [1.807, 2.05) is 29.9 Å². The van der Waals surface area contributed by atoms with Crippen LogP contribution in [0.5, 0.6) is 0 Å². The summed E-state index contributed by atoms with van der Waals surface area (Å²) in [5.74, 6) is 1.70. The normalized spacial score (nSPS) is 11.2. The molecule has 2 aromatic rings. The van der Waals surface area contributed by atoms with Crippen LogP contribution in [0.4, 0.5) is 5.82 Å². The Morgan fingerprint density at radius 3 is 2.58 bits per heavy atom. The van der Waals surface area contributed by atoms with Gasteiger partial charge in [-0.15, -0.1) is 0 Å². The third kappa shape index (κ3) is 4.82. The number of aliphatic hydroxyl groups is 1. The lowest BCUT2D eigenvalue weighted by Crippen LogP contribution is -2.30. The molecule has 0 bridgehead atoms. The third-order valence-electron chi connectivity index (χ3n) is 4.05. The second kappa shape index (κ2) is 8.85. The number of hydrogen-bond acceptors (Lipinski definition) is 4. The Morgan fingerprint density at radius 1 is 1.25 bits per heavy atom. The van der Waals surface area contributed by atoms with Gasteiger partial charge in [0.15, 0.2) is 0 Å². The third-order valence-corrected chi connectivity index (χ3v) is 4.05. The van der Waals surface area contributed by atoms with Crippen molar-refractivity contribution in [3.05, 3.63) is 47.2 Å². The highest BCUT2D eigenvalue weighted by Crippen LogP contribution is 2.25. The lowest BCUT2D eigenvalue weighted by molar-refractivity contribution is 0.300. The van der Waals surface area contributed by atoms with E-state index < -0.39 is 0 Å². The zero-order valence-electron chi connectivity index (χ0n) is 15.3. The molecule has 0 amide bonds. The number of aromatic nitrogens is 2. The maximum absolute atomic E-state index is 9.53. The molecule has 0 fully saturated rings. The second-order valence-corrected chi connectivity index (χ2v) is 6.67. The Balaban J connectivity index is 2.24. The Morgan fingerprint density at radius 2 is 1.96 bits per heavy atom. The Hall–Kier alpha value is -1.85. The van der Waals surface area contributed by atoms with Crippen LogP contribution in [0.1, 0.15) is 30.7 Å². The number of anilines is 1. The van der Waals surface area contributed by atoms with Gasteiger partial charge in [0.2, 0.25) is 0 Å². The van der Waals surface area contributed by atoms with Gasteiger partial charge in [-0.05, 0) is 24.9 Å². The van der Waals surface area contributed by atoms with E-state index in [0.29, 0.717) is 12.5 Å². The Kier molecular flexibility index (Phi) is 6.82. The number of benzene rings is 1. The van der Waals surface area contributed by atoms with Crippen LogP contribution >= 0.6 is 0 Å². The van der Waals surface area contributed by atoms with Crippen LogP contribution in [-0.4, -0.2) is 34.6 Å². The van der Waals surface area contributed by atoms with Crippen molar-refractivity contribution in [2.24, 2.45) is 13.0 Å². The molecule has 2 N–H and O–H groups in total. The molecule has 0 aliphatic carbocycles. The smallest absolute Gasteiger partial charge is 0.131 e. The first kappa shape index (κ1) is 18.5. The summed E-state index contributed by atoms with van der Waals surface area (Å²) in [6.45, 7) is 9.71. The molecule has 1 aromatic heterocycles. The predicted molar refractivity (Wildman–Crippen MR) is 99.1 cm³/mol. The zero-order chi connectivity index (χ0) is 17.5. The van der Waals surface area contributed by atoms with E-state index in [0.717, 1.165) is 31.1 Å². The Labute approximate surface area is 145 Å². The fourth-order valence-corrected chi connectivity index (χ4v) is 2.96. The average molecular weight is 330 g/mol. The molecule has 5 nitrogen and oxygen atoms in total. The van der Waals surface area contributed by atoms with E-state index >= 15 is 0 Å². The molecule has 0 aliphatic rings. The largest absolute Gasteiger partial charge is 0.395 e. The first-order valence-corrected chi connectivity index (χ1v) is 8.65. The minimum Gasteiger partial charge on any atom is -0.395 e. The predicted octanol–water partition coefficient (Wildman–Crippen LogP) is 2.47. The van der Waals surface area contributed by atoms with Gasteiger partial charge in [0, 0.05) is 32.2 Å². The Bertz CT molecular complexity index is 622. The first-order valence-electron chi connectivity index (χ1n) is 8.65.